The Morgan fingerprint density at radius 3 is 2.68 bits per heavy atom. The third kappa shape index (κ3) is 2.98. The highest BCUT2D eigenvalue weighted by Crippen LogP contribution is 2.35. The Bertz CT molecular complexity index is 432. The van der Waals surface area contributed by atoms with Gasteiger partial charge in [-0.25, -0.2) is 0 Å². The van der Waals surface area contributed by atoms with Crippen molar-refractivity contribution in [1.29, 1.82) is 0 Å². The van der Waals surface area contributed by atoms with E-state index in [0.29, 0.717) is 12.6 Å². The van der Waals surface area contributed by atoms with E-state index in [-0.39, 0.29) is 0 Å². The number of aliphatic carboxylic acids is 1. The predicted octanol–water partition coefficient (Wildman–Crippen LogP) is 3.32. The van der Waals surface area contributed by atoms with Gasteiger partial charge in [0.15, 0.2) is 0 Å². The van der Waals surface area contributed by atoms with E-state index in [1.165, 1.54) is 5.56 Å². The van der Waals surface area contributed by atoms with Gasteiger partial charge in [0.1, 0.15) is 0 Å². The molecule has 1 N–H and O–H groups in total. The maximum atomic E-state index is 11.4. The molecule has 0 amide bonds. The lowest BCUT2D eigenvalue weighted by molar-refractivity contribution is -0.151. The van der Waals surface area contributed by atoms with Crippen LogP contribution in [0.4, 0.5) is 0 Å². The van der Waals surface area contributed by atoms with Crippen molar-refractivity contribution in [2.45, 2.75) is 39.2 Å². The number of carbonyl (C=O) groups is 1. The summed E-state index contributed by atoms with van der Waals surface area (Å²) in [6.07, 6.45) is 2.76. The number of hydrogen-bond donors (Lipinski definition) is 1. The van der Waals surface area contributed by atoms with Gasteiger partial charge < -0.3 is 5.11 Å². The Kier molecular flexibility index (Phi) is 4.25. The van der Waals surface area contributed by atoms with E-state index < -0.39 is 11.4 Å². The van der Waals surface area contributed by atoms with E-state index in [2.05, 4.69) is 36.1 Å². The van der Waals surface area contributed by atoms with Crippen LogP contribution in [0.5, 0.6) is 0 Å². The average molecular weight is 261 g/mol. The molecule has 104 valence electrons. The quantitative estimate of drug-likeness (QED) is 0.903. The minimum absolute atomic E-state index is 0.333. The van der Waals surface area contributed by atoms with E-state index in [9.17, 15) is 9.90 Å². The minimum Gasteiger partial charge on any atom is -0.481 e. The van der Waals surface area contributed by atoms with Gasteiger partial charge in [-0.2, -0.15) is 0 Å². The Balaban J connectivity index is 2.18. The highest BCUT2D eigenvalue weighted by Gasteiger charge is 2.39. The van der Waals surface area contributed by atoms with Gasteiger partial charge in [-0.05, 0) is 38.3 Å². The molecule has 0 radical (unpaired) electrons. The monoisotopic (exact) mass is 261 g/mol. The smallest absolute Gasteiger partial charge is 0.310 e. The molecule has 1 fully saturated rings. The second kappa shape index (κ2) is 5.74. The number of carboxylic acid groups (broad SMARTS) is 1. The van der Waals surface area contributed by atoms with Gasteiger partial charge in [0.25, 0.3) is 0 Å². The molecule has 1 aromatic carbocycles. The van der Waals surface area contributed by atoms with Crippen LogP contribution in [0.15, 0.2) is 30.3 Å². The number of hydrogen-bond acceptors (Lipinski definition) is 2. The topological polar surface area (TPSA) is 40.5 Å². The number of likely N-dealkylation sites (tertiary alicyclic amines) is 1. The third-order valence-corrected chi connectivity index (χ3v) is 4.25. The first-order valence-electron chi connectivity index (χ1n) is 7.09. The standard InChI is InChI=1S/C16H23NO2/c1-3-14(13-8-5-4-6-9-13)17-11-7-10-16(2,12-17)15(18)19/h4-6,8-9,14H,3,7,10-12H2,1-2H3,(H,18,19). The lowest BCUT2D eigenvalue weighted by Gasteiger charge is -2.41. The first-order chi connectivity index (χ1) is 9.07. The van der Waals surface area contributed by atoms with Gasteiger partial charge in [-0.15, -0.1) is 0 Å². The summed E-state index contributed by atoms with van der Waals surface area (Å²) in [5.74, 6) is -0.667. The summed E-state index contributed by atoms with van der Waals surface area (Å²) in [5, 5.41) is 9.41. The fourth-order valence-corrected chi connectivity index (χ4v) is 3.10. The van der Waals surface area contributed by atoms with Gasteiger partial charge in [0.2, 0.25) is 0 Å². The molecule has 3 heteroatoms. The van der Waals surface area contributed by atoms with Gasteiger partial charge >= 0.3 is 5.97 Å². The molecule has 0 spiro atoms. The maximum Gasteiger partial charge on any atom is 0.310 e. The highest BCUT2D eigenvalue weighted by atomic mass is 16.4. The van der Waals surface area contributed by atoms with E-state index in [0.717, 1.165) is 25.8 Å². The number of rotatable bonds is 4. The fourth-order valence-electron chi connectivity index (χ4n) is 3.10. The summed E-state index contributed by atoms with van der Waals surface area (Å²) in [4.78, 5) is 13.8. The van der Waals surface area contributed by atoms with Gasteiger partial charge in [-0.3, -0.25) is 9.69 Å². The summed E-state index contributed by atoms with van der Waals surface area (Å²) < 4.78 is 0. The molecule has 0 bridgehead atoms. The molecule has 1 aliphatic heterocycles. The molecule has 3 nitrogen and oxygen atoms in total. The Morgan fingerprint density at radius 2 is 2.11 bits per heavy atom. The van der Waals surface area contributed by atoms with Gasteiger partial charge in [-0.1, -0.05) is 37.3 Å². The average Bonchev–Trinajstić information content (AvgIpc) is 2.41. The van der Waals surface area contributed by atoms with Crippen LogP contribution >= 0.6 is 0 Å². The van der Waals surface area contributed by atoms with Crippen molar-refractivity contribution < 1.29 is 9.90 Å². The molecule has 1 aliphatic rings. The zero-order valence-electron chi connectivity index (χ0n) is 11.8. The summed E-state index contributed by atoms with van der Waals surface area (Å²) >= 11 is 0. The van der Waals surface area contributed by atoms with Crippen LogP contribution in [-0.4, -0.2) is 29.1 Å². The number of benzene rings is 1. The molecular formula is C16H23NO2. The van der Waals surface area contributed by atoms with Crippen molar-refractivity contribution in [2.75, 3.05) is 13.1 Å². The van der Waals surface area contributed by atoms with Crippen molar-refractivity contribution in [3.05, 3.63) is 35.9 Å². The molecule has 0 aliphatic carbocycles. The molecule has 0 saturated carbocycles. The largest absolute Gasteiger partial charge is 0.481 e. The zero-order chi connectivity index (χ0) is 13.9. The number of piperidine rings is 1. The molecule has 0 aromatic heterocycles. The maximum absolute atomic E-state index is 11.4. The van der Waals surface area contributed by atoms with E-state index >= 15 is 0 Å². The van der Waals surface area contributed by atoms with Gasteiger partial charge in [0.05, 0.1) is 5.41 Å². The molecule has 1 saturated heterocycles. The van der Waals surface area contributed by atoms with Crippen molar-refractivity contribution >= 4 is 5.97 Å². The lowest BCUT2D eigenvalue weighted by atomic mass is 9.81. The van der Waals surface area contributed by atoms with E-state index in [1.807, 2.05) is 13.0 Å². The summed E-state index contributed by atoms with van der Waals surface area (Å²) in [6, 6.07) is 10.7. The molecular weight excluding hydrogens is 238 g/mol. The molecule has 2 atom stereocenters. The Labute approximate surface area is 115 Å². The number of nitrogens with zero attached hydrogens (tertiary/aromatic N) is 1. The second-order valence-electron chi connectivity index (χ2n) is 5.77. The Morgan fingerprint density at radius 1 is 1.42 bits per heavy atom. The highest BCUT2D eigenvalue weighted by molar-refractivity contribution is 5.74. The van der Waals surface area contributed by atoms with Crippen LogP contribution < -0.4 is 0 Å². The van der Waals surface area contributed by atoms with Crippen LogP contribution in [0, 0.1) is 5.41 Å². The molecule has 2 unspecified atom stereocenters. The van der Waals surface area contributed by atoms with Crippen LogP contribution in [0.1, 0.15) is 44.7 Å². The molecule has 1 aromatic rings. The van der Waals surface area contributed by atoms with E-state index in [1.54, 1.807) is 0 Å². The lowest BCUT2D eigenvalue weighted by Crippen LogP contribution is -2.47. The van der Waals surface area contributed by atoms with Crippen LogP contribution in [-0.2, 0) is 4.79 Å². The van der Waals surface area contributed by atoms with Gasteiger partial charge in [0, 0.05) is 12.6 Å². The Hall–Kier alpha value is -1.35. The van der Waals surface area contributed by atoms with Crippen LogP contribution in [0.3, 0.4) is 0 Å². The van der Waals surface area contributed by atoms with Crippen LogP contribution in [0.25, 0.3) is 0 Å². The summed E-state index contributed by atoms with van der Waals surface area (Å²) in [5.41, 5.74) is 0.695. The number of carboxylic acids is 1. The van der Waals surface area contributed by atoms with Crippen LogP contribution in [0.2, 0.25) is 0 Å². The first-order valence-corrected chi connectivity index (χ1v) is 7.09. The molecule has 2 rings (SSSR count). The fraction of sp³-hybridized carbons (Fsp3) is 0.562. The molecule has 1 heterocycles. The first kappa shape index (κ1) is 14.1. The summed E-state index contributed by atoms with van der Waals surface area (Å²) in [6.45, 7) is 5.69. The minimum atomic E-state index is -0.667. The second-order valence-corrected chi connectivity index (χ2v) is 5.77. The zero-order valence-corrected chi connectivity index (χ0v) is 11.8. The predicted molar refractivity (Wildman–Crippen MR) is 76.0 cm³/mol. The van der Waals surface area contributed by atoms with Crippen molar-refractivity contribution in [3.8, 4) is 0 Å². The van der Waals surface area contributed by atoms with E-state index in [4.69, 9.17) is 0 Å². The van der Waals surface area contributed by atoms with Crippen molar-refractivity contribution in [1.82, 2.24) is 4.90 Å². The summed E-state index contributed by atoms with van der Waals surface area (Å²) in [7, 11) is 0. The molecule has 19 heavy (non-hydrogen) atoms. The normalized spacial score (nSPS) is 26.0. The van der Waals surface area contributed by atoms with Crippen molar-refractivity contribution in [2.24, 2.45) is 5.41 Å². The third-order valence-electron chi connectivity index (χ3n) is 4.25. The van der Waals surface area contributed by atoms with Crippen molar-refractivity contribution in [3.63, 3.8) is 0 Å². The SMILES string of the molecule is CCC(c1ccccc1)N1CCCC(C)(C(=O)O)C1.